The molecule has 0 aromatic carbocycles. The van der Waals surface area contributed by atoms with Crippen LogP contribution < -0.4 is 14.7 Å². The molecule has 18 nitrogen and oxygen atoms in total. The summed E-state index contributed by atoms with van der Waals surface area (Å²) in [7, 11) is -23.2. The molecule has 0 aliphatic carbocycles. The zero-order valence-corrected chi connectivity index (χ0v) is 21.0. The van der Waals surface area contributed by atoms with Gasteiger partial charge in [0.2, 0.25) is 0 Å². The molecule has 0 aliphatic heterocycles. The second-order valence-corrected chi connectivity index (χ2v) is 26.3. The van der Waals surface area contributed by atoms with E-state index in [1.807, 2.05) is 0 Å². The molecule has 0 saturated heterocycles. The van der Waals surface area contributed by atoms with Crippen LogP contribution in [0.4, 0.5) is 0 Å². The first kappa shape index (κ1) is 65.2. The average molecular weight is 668 g/mol. The van der Waals surface area contributed by atoms with Crippen molar-refractivity contribution in [3.8, 4) is 0 Å². The molecule has 0 radical (unpaired) electrons. The van der Waals surface area contributed by atoms with Crippen LogP contribution in [0.5, 0.6) is 0 Å². The van der Waals surface area contributed by atoms with Crippen LogP contribution >= 0.6 is 51.8 Å². The minimum absolute atomic E-state index is 0. The van der Waals surface area contributed by atoms with Crippen molar-refractivity contribution in [1.29, 1.82) is 0 Å². The van der Waals surface area contributed by atoms with E-state index < -0.39 is 51.8 Å². The van der Waals surface area contributed by atoms with Crippen molar-refractivity contribution < 1.29 is 86.4 Å². The topological polar surface area (TPSA) is 332 Å². The van der Waals surface area contributed by atoms with Crippen molar-refractivity contribution in [1.82, 2.24) is 0 Å². The third kappa shape index (κ3) is 34.9. The van der Waals surface area contributed by atoms with Crippen molar-refractivity contribution in [3.05, 3.63) is 0 Å². The van der Waals surface area contributed by atoms with Gasteiger partial charge >= 0.3 is 92.7 Å². The Bertz CT molecular complexity index is 589. The Hall–Kier alpha value is 0.940. The van der Waals surface area contributed by atoms with Crippen LogP contribution in [0.15, 0.2) is 0 Å². The molecule has 3 atom stereocenters. The number of hydrogen-bond donors (Lipinski definition) is 7. The Kier molecular flexibility index (Phi) is 47.0. The second-order valence-electron chi connectivity index (χ2n) is 4.67. The van der Waals surface area contributed by atoms with Crippen LogP contribution in [-0.2, 0) is 36.7 Å². The summed E-state index contributed by atoms with van der Waals surface area (Å²) in [6, 6.07) is 0. The van der Waals surface area contributed by atoms with Gasteiger partial charge in [-0.15, -0.1) is 0 Å². The fourth-order valence-corrected chi connectivity index (χ4v) is 6.48. The molecule has 0 bridgehead atoms. The predicted octanol–water partition coefficient (Wildman–Crippen LogP) is 3.32. The summed E-state index contributed by atoms with van der Waals surface area (Å²) in [6.07, 6.45) is -6.53. The van der Waals surface area contributed by atoms with Crippen LogP contribution in [0.1, 0.15) is 44.6 Å². The zero-order valence-electron chi connectivity index (χ0n) is 14.8. The third-order valence-corrected chi connectivity index (χ3v) is 17.6. The van der Waals surface area contributed by atoms with Crippen LogP contribution in [0, 0.1) is 0 Å². The van der Waals surface area contributed by atoms with Crippen LogP contribution in [0.25, 0.3) is 0 Å². The zero-order chi connectivity index (χ0) is 25.1. The molecule has 0 spiro atoms. The fraction of sp³-hybridized carbons (Fsp3) is 1.00. The first-order chi connectivity index (χ1) is 12.3. The van der Waals surface area contributed by atoms with E-state index in [9.17, 15) is 42.1 Å². The van der Waals surface area contributed by atoms with E-state index >= 15 is 0 Å². The molecule has 0 aromatic rings. The summed E-state index contributed by atoms with van der Waals surface area (Å²) in [5, 5.41) is 16.1. The van der Waals surface area contributed by atoms with Crippen molar-refractivity contribution in [2.75, 3.05) is 26.7 Å². The molecule has 0 fully saturated rings. The van der Waals surface area contributed by atoms with Crippen molar-refractivity contribution >= 4 is 51.8 Å². The molecular weight excluding hydrogens is 625 g/mol. The minimum atomic E-state index is -6.53. The van der Waals surface area contributed by atoms with Gasteiger partial charge in [0.25, 0.3) is 0 Å². The van der Waals surface area contributed by atoms with Gasteiger partial charge < -0.3 is 24.5 Å². The maximum atomic E-state index is 10.4. The third-order valence-electron chi connectivity index (χ3n) is 1.12. The standard InChI is InChI=1S/C2H7O2P.2CH5O3P.6CH4.H2O10P4/c3*1-5(2,3)4;;;;;;;1-9-14(10-2,11(3)4,12(5)6)13(7)8/h1-2H3,(H,3,4);2*1H3,(H2,2,3,4);6*1H4;1-2H. The van der Waals surface area contributed by atoms with E-state index in [-0.39, 0.29) is 44.6 Å². The number of rotatable bonds is 5. The Morgan fingerprint density at radius 1 is 0.571 bits per heavy atom. The van der Waals surface area contributed by atoms with Crippen LogP contribution in [0.3, 0.4) is 0 Å². The summed E-state index contributed by atoms with van der Waals surface area (Å²) < 4.78 is 65.6. The van der Waals surface area contributed by atoms with Gasteiger partial charge in [0.1, 0.15) is 0 Å². The van der Waals surface area contributed by atoms with Gasteiger partial charge in [-0.25, -0.2) is 0 Å². The van der Waals surface area contributed by atoms with E-state index in [4.69, 9.17) is 35.0 Å². The first-order valence-electron chi connectivity index (χ1n) is 5.76. The molecule has 0 heterocycles. The normalized spacial score (nSPS) is 12.3. The van der Waals surface area contributed by atoms with Crippen molar-refractivity contribution in [2.45, 2.75) is 44.6 Å². The predicted molar refractivity (Wildman–Crippen MR) is 135 cm³/mol. The van der Waals surface area contributed by atoms with Gasteiger partial charge in [-0.1, -0.05) is 44.6 Å². The molecule has 35 heavy (non-hydrogen) atoms. The monoisotopic (exact) mass is 668 g/mol. The number of hydrogen-bond acceptors (Lipinski definition) is 13. The summed E-state index contributed by atoms with van der Waals surface area (Å²) in [5.41, 5.74) is 0. The molecule has 0 amide bonds. The summed E-state index contributed by atoms with van der Waals surface area (Å²) in [5.74, 6) is 0. The van der Waals surface area contributed by atoms with Crippen LogP contribution in [-0.4, -0.2) is 61.6 Å². The quantitative estimate of drug-likeness (QED) is 0.125. The van der Waals surface area contributed by atoms with Crippen LogP contribution in [0.2, 0.25) is 0 Å². The van der Waals surface area contributed by atoms with Gasteiger partial charge in [0, 0.05) is 26.7 Å². The van der Waals surface area contributed by atoms with Gasteiger partial charge in [0.15, 0.2) is 7.37 Å². The van der Waals surface area contributed by atoms with Gasteiger partial charge in [-0.05, 0) is 0 Å². The Morgan fingerprint density at radius 2 is 0.657 bits per heavy atom. The van der Waals surface area contributed by atoms with E-state index in [0.717, 1.165) is 13.3 Å². The molecular formula is C10H43O18P7. The molecule has 3 unspecified atom stereocenters. The van der Waals surface area contributed by atoms with E-state index in [1.165, 1.54) is 13.3 Å². The molecule has 7 N–H and O–H groups in total. The average Bonchev–Trinajstić information content (AvgIpc) is 2.34. The second kappa shape index (κ2) is 25.2. The summed E-state index contributed by atoms with van der Waals surface area (Å²) in [6.45, 7) is 4.31. The molecule has 0 aliphatic rings. The van der Waals surface area contributed by atoms with E-state index in [1.54, 1.807) is 0 Å². The fourth-order valence-electron chi connectivity index (χ4n) is 0.373. The van der Waals surface area contributed by atoms with Gasteiger partial charge in [-0.3, -0.25) is 13.7 Å². The van der Waals surface area contributed by atoms with E-state index in [2.05, 4.69) is 9.35 Å². The molecule has 25 heteroatoms. The molecule has 0 aromatic heterocycles. The molecule has 0 rings (SSSR count). The Labute approximate surface area is 209 Å². The summed E-state index contributed by atoms with van der Waals surface area (Å²) in [4.78, 5) is 69.9. The SMILES string of the molecule is C.C.C.C.C.C.CP(=O)(O)O.CP(=O)(O)O.CP(C)(=O)O.O=[P+]([O-])P(OO)(OO)([P+](=O)[O-])[P+](=O)[O-]. The first-order valence-corrected chi connectivity index (χ1v) is 20.2. The van der Waals surface area contributed by atoms with Crippen molar-refractivity contribution in [3.63, 3.8) is 0 Å². The maximum absolute atomic E-state index is 10.4. The summed E-state index contributed by atoms with van der Waals surface area (Å²) >= 11 is 0. The van der Waals surface area contributed by atoms with E-state index in [0.29, 0.717) is 0 Å². The molecule has 226 valence electrons. The Morgan fingerprint density at radius 3 is 0.657 bits per heavy atom. The Balaban J connectivity index is -0.0000000318. The molecule has 0 saturated carbocycles. The van der Waals surface area contributed by atoms with Gasteiger partial charge in [-0.2, -0.15) is 0 Å². The van der Waals surface area contributed by atoms with Crippen molar-refractivity contribution in [2.24, 2.45) is 0 Å². The van der Waals surface area contributed by atoms with Gasteiger partial charge in [0.05, 0.1) is 0 Å².